The largest absolute Gasteiger partial charge is 0.478 e. The first-order valence-electron chi connectivity index (χ1n) is 30.7. The lowest BCUT2D eigenvalue weighted by atomic mass is 10.0. The van der Waals surface area contributed by atoms with Gasteiger partial charge in [-0.05, 0) is 41.5 Å². The normalized spacial score (nSPS) is 19.0. The molecule has 6 atom stereocenters. The molecule has 1 saturated heterocycles. The van der Waals surface area contributed by atoms with Crippen molar-refractivity contribution in [1.29, 1.82) is 0 Å². The van der Waals surface area contributed by atoms with Crippen molar-refractivity contribution in [2.24, 2.45) is 15.5 Å². The maximum Gasteiger partial charge on any atom is 0.354 e. The summed E-state index contributed by atoms with van der Waals surface area (Å²) in [5.41, 5.74) is -2.96. The molecular formula is C61H63N17O21S6+2. The highest BCUT2D eigenvalue weighted by Crippen LogP contribution is 2.41. The van der Waals surface area contributed by atoms with Crippen LogP contribution in [-0.2, 0) is 89.9 Å². The minimum atomic E-state index is -2.17. The van der Waals surface area contributed by atoms with E-state index < -0.39 is 145 Å². The maximum absolute atomic E-state index is 15.0. The molecule has 5 aliphatic rings. The number of nitrogens with one attached hydrogen (secondary N) is 7. The maximum atomic E-state index is 15.0. The van der Waals surface area contributed by atoms with Crippen LogP contribution in [0.1, 0.15) is 58.6 Å². The number of fused-ring (bicyclic) bond motifs is 1. The second-order valence-corrected chi connectivity index (χ2v) is 30.3. The highest BCUT2D eigenvalue weighted by molar-refractivity contribution is 8.00. The van der Waals surface area contributed by atoms with E-state index >= 15 is 4.79 Å². The van der Waals surface area contributed by atoms with Gasteiger partial charge >= 0.3 is 35.8 Å². The number of pyridine rings is 2. The first-order chi connectivity index (χ1) is 49.7. The van der Waals surface area contributed by atoms with Crippen LogP contribution in [0.15, 0.2) is 127 Å². The zero-order valence-electron chi connectivity index (χ0n) is 55.5. The summed E-state index contributed by atoms with van der Waals surface area (Å²) in [7, 11) is 0. The molecule has 1 fully saturated rings. The van der Waals surface area contributed by atoms with Crippen molar-refractivity contribution in [3.8, 4) is 0 Å². The third kappa shape index (κ3) is 17.8. The summed E-state index contributed by atoms with van der Waals surface area (Å²) in [5.74, 6) is -14.6. The third-order valence-corrected chi connectivity index (χ3v) is 21.6. The number of carbonyl (C=O) groups excluding carboxylic acids is 7. The summed E-state index contributed by atoms with van der Waals surface area (Å²) in [4.78, 5) is 193. The number of hydrogen-bond donors (Lipinski definition) is 13. The monoisotopic (exact) mass is 1560 g/mol. The fraction of sp³-hybridized carbons (Fsp3) is 0.344. The summed E-state index contributed by atoms with van der Waals surface area (Å²) < 4.78 is 8.65. The number of hydrogen-bond acceptors (Lipinski definition) is 31. The Morgan fingerprint density at radius 2 is 1.06 bits per heavy atom. The highest BCUT2D eigenvalue weighted by atomic mass is 32.2. The topological polar surface area (TPSA) is 540 Å². The van der Waals surface area contributed by atoms with Crippen LogP contribution >= 0.6 is 69.3 Å². The number of anilines is 3. The molecule has 0 spiro atoms. The number of oxime groups is 3. The molecule has 14 N–H and O–H groups in total. The van der Waals surface area contributed by atoms with Crippen LogP contribution in [0.2, 0.25) is 0 Å². The molecule has 5 aromatic rings. The number of amides is 6. The van der Waals surface area contributed by atoms with Crippen molar-refractivity contribution < 1.29 is 111 Å². The minimum absolute atomic E-state index is 0.0249. The van der Waals surface area contributed by atoms with Crippen LogP contribution < -0.4 is 52.1 Å². The van der Waals surface area contributed by atoms with Crippen LogP contribution in [0.4, 0.5) is 15.4 Å². The van der Waals surface area contributed by atoms with Gasteiger partial charge in [0.25, 0.3) is 35.4 Å². The number of thiazole rings is 3. The number of esters is 1. The van der Waals surface area contributed by atoms with Crippen molar-refractivity contribution in [2.45, 2.75) is 106 Å². The predicted molar refractivity (Wildman–Crippen MR) is 374 cm³/mol. The zero-order valence-corrected chi connectivity index (χ0v) is 60.4. The summed E-state index contributed by atoms with van der Waals surface area (Å²) in [6, 6.07) is 5.49. The Labute approximate surface area is 617 Å². The number of nitrogen functional groups attached to an aromatic ring is 1. The molecule has 5 aliphatic heterocycles. The fourth-order valence-electron chi connectivity index (χ4n) is 9.70. The number of aliphatic carboxylic acids is 5. The fourth-order valence-corrected chi connectivity index (χ4v) is 15.4. The molecule has 0 saturated carbocycles. The number of aromatic nitrogens is 5. The molecule has 552 valence electrons. The first kappa shape index (κ1) is 76.5. The highest BCUT2D eigenvalue weighted by Gasteiger charge is 2.55. The number of carbonyl (C=O) groups is 12. The number of β-lactam (4-membered cyclic amide) rings is 1. The summed E-state index contributed by atoms with van der Waals surface area (Å²) >= 11 is 5.38. The standard InChI is InChI=1S/C61H61N17O21S6/c1-59(2,53(90)91)97-73-34(29-23-103-56(62)63-29)41(79)66-37(46-69-32(50(85)86)26(20-100-46)17-76-13-9-7-10-14-76)44(82)71-57-64-30(24-104-57)35(74-98-60(3,4)54(92)93)42(80)67-38(47-70-33-28(22-101-47)19-96-52(33)89)45(83)72-58-65-31(25-105-58)36(75-99-61(5,6)55(94)95)43(81)68-39-48(84)78-40(51(87)88)27(21-102-49(39)78)18-77-15-11-8-12-16-77/h7-16,23-25,37-39,46-47,49,69-70H,17-22H2,1-6H3,(H10-2,62,63,64,65,66,67,68,71,72,79,80,81,82,83,85,86,87,88,90,91,92,93,94,95)/p+2/b73-34-,74-35-,75-36-/t37?,38?,39-,46?,47?,49-/m1/s1. The number of nitrogens with two attached hydrogens (primary N) is 1. The van der Waals surface area contributed by atoms with E-state index in [9.17, 15) is 78.3 Å². The Morgan fingerprint density at radius 3 is 1.52 bits per heavy atom. The predicted octanol–water partition coefficient (Wildman–Crippen LogP) is -0.174. The van der Waals surface area contributed by atoms with E-state index in [1.807, 2.05) is 0 Å². The van der Waals surface area contributed by atoms with E-state index in [-0.39, 0.29) is 80.8 Å². The lowest BCUT2D eigenvalue weighted by Crippen LogP contribution is -2.71. The van der Waals surface area contributed by atoms with Gasteiger partial charge in [0.1, 0.15) is 75.0 Å². The van der Waals surface area contributed by atoms with Gasteiger partial charge < -0.3 is 87.7 Å². The van der Waals surface area contributed by atoms with Gasteiger partial charge in [-0.25, -0.2) is 52.9 Å². The van der Waals surface area contributed by atoms with E-state index in [0.717, 1.165) is 86.7 Å². The van der Waals surface area contributed by atoms with Crippen LogP contribution in [0.3, 0.4) is 0 Å². The number of cyclic esters (lactones) is 1. The van der Waals surface area contributed by atoms with E-state index in [0.29, 0.717) is 39.4 Å². The Morgan fingerprint density at radius 1 is 0.610 bits per heavy atom. The Balaban J connectivity index is 0.934. The Bertz CT molecular complexity index is 4570. The molecule has 4 unspecified atom stereocenters. The Kier molecular flexibility index (Phi) is 23.2. The van der Waals surface area contributed by atoms with E-state index in [1.54, 1.807) is 70.3 Å². The van der Waals surface area contributed by atoms with Crippen molar-refractivity contribution >= 4 is 173 Å². The summed E-state index contributed by atoms with van der Waals surface area (Å²) in [5, 5.41) is 80.0. The van der Waals surface area contributed by atoms with Gasteiger partial charge in [-0.3, -0.25) is 33.7 Å². The van der Waals surface area contributed by atoms with Gasteiger partial charge in [0, 0.05) is 74.4 Å². The number of thioether (sulfide) groups is 3. The molecule has 38 nitrogen and oxygen atoms in total. The van der Waals surface area contributed by atoms with Gasteiger partial charge in [0.05, 0.1) is 0 Å². The van der Waals surface area contributed by atoms with Crippen molar-refractivity contribution in [3.63, 3.8) is 0 Å². The molecule has 0 aliphatic carbocycles. The van der Waals surface area contributed by atoms with Crippen LogP contribution in [-0.4, -0.2) is 209 Å². The van der Waals surface area contributed by atoms with Crippen LogP contribution in [0.5, 0.6) is 0 Å². The lowest BCUT2D eigenvalue weighted by molar-refractivity contribution is -0.689. The third-order valence-electron chi connectivity index (χ3n) is 15.5. The number of rotatable bonds is 30. The number of carboxylic acids is 5. The molecule has 0 aromatic carbocycles. The van der Waals surface area contributed by atoms with Crippen molar-refractivity contribution in [3.05, 3.63) is 128 Å². The van der Waals surface area contributed by atoms with Crippen molar-refractivity contribution in [1.82, 2.24) is 46.4 Å². The lowest BCUT2D eigenvalue weighted by Gasteiger charge is -2.49. The van der Waals surface area contributed by atoms with Gasteiger partial charge in [-0.1, -0.05) is 27.6 Å². The molecule has 0 radical (unpaired) electrons. The second kappa shape index (κ2) is 31.9. The number of carboxylic acid groups (broad SMARTS) is 5. The quantitative estimate of drug-likeness (QED) is 0.00933. The van der Waals surface area contributed by atoms with Crippen LogP contribution in [0.25, 0.3) is 0 Å². The van der Waals surface area contributed by atoms with E-state index in [2.05, 4.69) is 67.6 Å². The van der Waals surface area contributed by atoms with Crippen LogP contribution in [0, 0.1) is 0 Å². The molecule has 0 bridgehead atoms. The van der Waals surface area contributed by atoms with Gasteiger partial charge in [0.2, 0.25) is 16.8 Å². The first-order valence-corrected chi connectivity index (χ1v) is 36.5. The minimum Gasteiger partial charge on any atom is -0.478 e. The van der Waals surface area contributed by atoms with Gasteiger partial charge in [-0.15, -0.1) is 69.3 Å². The molecule has 6 amide bonds. The molecule has 10 heterocycles. The zero-order chi connectivity index (χ0) is 76.0. The molecule has 10 rings (SSSR count). The van der Waals surface area contributed by atoms with Gasteiger partial charge in [-0.2, -0.15) is 0 Å². The molecule has 105 heavy (non-hydrogen) atoms. The van der Waals surface area contributed by atoms with E-state index in [4.69, 9.17) is 25.0 Å². The number of nitrogens with zero attached hydrogens (tertiary/aromatic N) is 9. The Hall–Kier alpha value is -11.1. The van der Waals surface area contributed by atoms with Gasteiger partial charge in [0.15, 0.2) is 70.4 Å². The molecule has 5 aromatic heterocycles. The summed E-state index contributed by atoms with van der Waals surface area (Å²) in [6.07, 6.45) is 6.84. The summed E-state index contributed by atoms with van der Waals surface area (Å²) in [6.45, 7) is 6.79. The molecular weight excluding hydrogens is 1500 g/mol. The van der Waals surface area contributed by atoms with E-state index in [1.165, 1.54) is 22.5 Å². The smallest absolute Gasteiger partial charge is 0.354 e. The SMILES string of the molecule is CC(C)(O/N=C(\C(=O)NC(C(=O)Nc1nc(/C(=N/OC(C)(C)C(=O)O)C(=O)NC(C(=O)Nc2nc(/C(=N/OC(C)(C)C(=O)O)C(=O)N[C@@H]3C(=O)N4C(C(=O)O)=C(C[n+]5ccccc5)CS[C@H]34)cs2)C2NC3=C(COC3=O)CS2)cs1)C1NC(C(=O)O)=C(C[n+]2ccccc2)CS1)c1csc(N)n1)C(=O)O. The molecule has 44 heteroatoms. The second-order valence-electron chi connectivity index (χ2n) is 24.4. The number of ether oxygens (including phenoxy) is 1. The average molecular weight is 1560 g/mol. The average Bonchev–Trinajstić information content (AvgIpc) is 1.08. The van der Waals surface area contributed by atoms with Crippen molar-refractivity contribution in [2.75, 3.05) is 40.2 Å².